The Morgan fingerprint density at radius 2 is 2.07 bits per heavy atom. The molecule has 2 aliphatic rings. The molecule has 0 unspecified atom stereocenters. The Morgan fingerprint density at radius 1 is 1.32 bits per heavy atom. The Balaban J connectivity index is 1.76. The second-order valence-electron chi connectivity index (χ2n) is 8.93. The van der Waals surface area contributed by atoms with Crippen molar-refractivity contribution in [2.75, 3.05) is 37.7 Å². The first kappa shape index (κ1) is 20.6. The van der Waals surface area contributed by atoms with Crippen molar-refractivity contribution < 1.29 is 14.3 Å². The van der Waals surface area contributed by atoms with E-state index in [-0.39, 0.29) is 18.1 Å². The van der Waals surface area contributed by atoms with E-state index in [0.717, 1.165) is 30.4 Å². The summed E-state index contributed by atoms with van der Waals surface area (Å²) in [7, 11) is 0. The quantitative estimate of drug-likeness (QED) is 0.735. The molecule has 3 rings (SSSR count). The number of hydrogen-bond acceptors (Lipinski definition) is 6. The SMILES string of the molecule is C=C(C)Cn1c([C@@H]2CCOC2)nnc1N1CCN(C(=O)OC(C)(C)C)[C@@H](C)C1. The number of carbonyl (C=O) groups is 1. The third-order valence-electron chi connectivity index (χ3n) is 5.02. The van der Waals surface area contributed by atoms with Crippen molar-refractivity contribution in [1.29, 1.82) is 0 Å². The first-order valence-corrected chi connectivity index (χ1v) is 10.1. The van der Waals surface area contributed by atoms with Gasteiger partial charge < -0.3 is 19.3 Å². The van der Waals surface area contributed by atoms with Gasteiger partial charge in [0.25, 0.3) is 0 Å². The molecule has 0 bridgehead atoms. The average Bonchev–Trinajstić information content (AvgIpc) is 3.21. The van der Waals surface area contributed by atoms with Crippen LogP contribution < -0.4 is 4.90 Å². The van der Waals surface area contributed by atoms with E-state index in [1.807, 2.05) is 34.6 Å². The fourth-order valence-corrected chi connectivity index (χ4v) is 3.73. The Kier molecular flexibility index (Phi) is 5.98. The molecule has 3 heterocycles. The topological polar surface area (TPSA) is 72.7 Å². The lowest BCUT2D eigenvalue weighted by Crippen LogP contribution is -2.55. The zero-order valence-electron chi connectivity index (χ0n) is 17.8. The maximum Gasteiger partial charge on any atom is 0.410 e. The van der Waals surface area contributed by atoms with Crippen LogP contribution in [-0.2, 0) is 16.0 Å². The highest BCUT2D eigenvalue weighted by Gasteiger charge is 2.34. The third-order valence-corrected chi connectivity index (χ3v) is 5.02. The van der Waals surface area contributed by atoms with Crippen LogP contribution in [0.4, 0.5) is 10.7 Å². The van der Waals surface area contributed by atoms with Crippen molar-refractivity contribution in [1.82, 2.24) is 19.7 Å². The van der Waals surface area contributed by atoms with E-state index in [9.17, 15) is 4.79 Å². The van der Waals surface area contributed by atoms with Crippen molar-refractivity contribution in [2.45, 2.75) is 65.1 Å². The van der Waals surface area contributed by atoms with Crippen LogP contribution in [0.25, 0.3) is 0 Å². The number of aromatic nitrogens is 3. The van der Waals surface area contributed by atoms with Gasteiger partial charge in [-0.3, -0.25) is 4.57 Å². The van der Waals surface area contributed by atoms with Crippen molar-refractivity contribution in [3.8, 4) is 0 Å². The fourth-order valence-electron chi connectivity index (χ4n) is 3.73. The Labute approximate surface area is 167 Å². The molecule has 2 atom stereocenters. The summed E-state index contributed by atoms with van der Waals surface area (Å²) < 4.78 is 13.3. The number of carbonyl (C=O) groups excluding carboxylic acids is 1. The number of rotatable bonds is 4. The summed E-state index contributed by atoms with van der Waals surface area (Å²) in [4.78, 5) is 16.5. The Hall–Kier alpha value is -2.09. The van der Waals surface area contributed by atoms with Crippen LogP contribution in [0, 0.1) is 0 Å². The van der Waals surface area contributed by atoms with E-state index in [0.29, 0.717) is 32.8 Å². The lowest BCUT2D eigenvalue weighted by molar-refractivity contribution is 0.0158. The summed E-state index contributed by atoms with van der Waals surface area (Å²) in [5.74, 6) is 2.10. The second kappa shape index (κ2) is 8.11. The van der Waals surface area contributed by atoms with Crippen LogP contribution >= 0.6 is 0 Å². The van der Waals surface area contributed by atoms with Crippen molar-refractivity contribution in [3.63, 3.8) is 0 Å². The standard InChI is InChI=1S/C20H33N5O3/c1-14(2)11-25-17(16-7-10-27-13-16)21-22-18(25)23-8-9-24(15(3)12-23)19(26)28-20(4,5)6/h15-16H,1,7-13H2,2-6H3/t15-,16+/m0/s1. The van der Waals surface area contributed by atoms with E-state index in [2.05, 4.69) is 26.2 Å². The van der Waals surface area contributed by atoms with Gasteiger partial charge in [-0.15, -0.1) is 10.2 Å². The van der Waals surface area contributed by atoms with E-state index < -0.39 is 5.60 Å². The molecule has 0 saturated carbocycles. The zero-order valence-corrected chi connectivity index (χ0v) is 17.8. The molecule has 0 N–H and O–H groups in total. The summed E-state index contributed by atoms with van der Waals surface area (Å²) >= 11 is 0. The highest BCUT2D eigenvalue weighted by Crippen LogP contribution is 2.28. The lowest BCUT2D eigenvalue weighted by Gasteiger charge is -2.40. The minimum absolute atomic E-state index is 0.0249. The molecule has 1 aromatic heterocycles. The summed E-state index contributed by atoms with van der Waals surface area (Å²) in [5, 5.41) is 9.01. The van der Waals surface area contributed by atoms with E-state index in [1.54, 1.807) is 4.90 Å². The van der Waals surface area contributed by atoms with Crippen LogP contribution in [0.1, 0.15) is 52.8 Å². The van der Waals surface area contributed by atoms with E-state index >= 15 is 0 Å². The predicted octanol–water partition coefficient (Wildman–Crippen LogP) is 2.80. The average molecular weight is 392 g/mol. The molecular formula is C20H33N5O3. The smallest absolute Gasteiger partial charge is 0.410 e. The first-order chi connectivity index (χ1) is 13.2. The molecule has 2 fully saturated rings. The highest BCUT2D eigenvalue weighted by atomic mass is 16.6. The minimum atomic E-state index is -0.492. The van der Waals surface area contributed by atoms with Crippen LogP contribution in [0.15, 0.2) is 12.2 Å². The van der Waals surface area contributed by atoms with Gasteiger partial charge in [-0.1, -0.05) is 12.2 Å². The predicted molar refractivity (Wildman–Crippen MR) is 108 cm³/mol. The number of anilines is 1. The molecule has 0 spiro atoms. The first-order valence-electron chi connectivity index (χ1n) is 10.1. The molecule has 0 aromatic carbocycles. The summed E-state index contributed by atoms with van der Waals surface area (Å²) in [5.41, 5.74) is 0.565. The van der Waals surface area contributed by atoms with Gasteiger partial charge in [0.1, 0.15) is 11.4 Å². The van der Waals surface area contributed by atoms with Gasteiger partial charge >= 0.3 is 6.09 Å². The molecular weight excluding hydrogens is 358 g/mol. The van der Waals surface area contributed by atoms with Gasteiger partial charge in [-0.2, -0.15) is 0 Å². The third kappa shape index (κ3) is 4.66. The molecule has 0 radical (unpaired) electrons. The molecule has 8 nitrogen and oxygen atoms in total. The largest absolute Gasteiger partial charge is 0.444 e. The number of amides is 1. The van der Waals surface area contributed by atoms with E-state index in [1.165, 1.54) is 0 Å². The monoisotopic (exact) mass is 391 g/mol. The van der Waals surface area contributed by atoms with Gasteiger partial charge in [0.15, 0.2) is 0 Å². The Morgan fingerprint density at radius 3 is 2.64 bits per heavy atom. The number of ether oxygens (including phenoxy) is 2. The molecule has 0 aliphatic carbocycles. The second-order valence-corrected chi connectivity index (χ2v) is 8.93. The molecule has 1 aromatic rings. The lowest BCUT2D eigenvalue weighted by atomic mass is 10.1. The van der Waals surface area contributed by atoms with Gasteiger partial charge in [0.05, 0.1) is 6.61 Å². The normalized spacial score (nSPS) is 23.2. The van der Waals surface area contributed by atoms with Crippen LogP contribution in [0.3, 0.4) is 0 Å². The number of piperazine rings is 1. The zero-order chi connectivity index (χ0) is 20.5. The van der Waals surface area contributed by atoms with Gasteiger partial charge in [0, 0.05) is 44.7 Å². The molecule has 2 aliphatic heterocycles. The van der Waals surface area contributed by atoms with Gasteiger partial charge in [-0.25, -0.2) is 4.79 Å². The highest BCUT2D eigenvalue weighted by molar-refractivity contribution is 5.69. The molecule has 8 heteroatoms. The van der Waals surface area contributed by atoms with Crippen molar-refractivity contribution in [2.24, 2.45) is 0 Å². The van der Waals surface area contributed by atoms with Crippen LogP contribution in [0.5, 0.6) is 0 Å². The van der Waals surface area contributed by atoms with Crippen LogP contribution in [0.2, 0.25) is 0 Å². The molecule has 28 heavy (non-hydrogen) atoms. The van der Waals surface area contributed by atoms with E-state index in [4.69, 9.17) is 9.47 Å². The maximum atomic E-state index is 12.5. The number of hydrogen-bond donors (Lipinski definition) is 0. The van der Waals surface area contributed by atoms with Crippen molar-refractivity contribution in [3.05, 3.63) is 18.0 Å². The molecule has 2 saturated heterocycles. The van der Waals surface area contributed by atoms with Crippen LogP contribution in [-0.4, -0.2) is 70.2 Å². The molecule has 156 valence electrons. The number of nitrogens with zero attached hydrogens (tertiary/aromatic N) is 5. The summed E-state index contributed by atoms with van der Waals surface area (Å²) in [6, 6.07) is 0.0249. The van der Waals surface area contributed by atoms with Gasteiger partial charge in [0.2, 0.25) is 5.95 Å². The summed E-state index contributed by atoms with van der Waals surface area (Å²) in [6.07, 6.45) is 0.712. The van der Waals surface area contributed by atoms with Gasteiger partial charge in [-0.05, 0) is 41.0 Å². The maximum absolute atomic E-state index is 12.5. The minimum Gasteiger partial charge on any atom is -0.444 e. The number of allylic oxidation sites excluding steroid dienone is 1. The summed E-state index contributed by atoms with van der Waals surface area (Å²) in [6.45, 7) is 17.9. The van der Waals surface area contributed by atoms with Crippen molar-refractivity contribution >= 4 is 12.0 Å². The Bertz CT molecular complexity index is 718. The molecule has 1 amide bonds. The fraction of sp³-hybridized carbons (Fsp3) is 0.750.